The summed E-state index contributed by atoms with van der Waals surface area (Å²) in [7, 11) is 0. The van der Waals surface area contributed by atoms with Crippen molar-refractivity contribution < 1.29 is 9.48 Å². The number of aromatic amines is 1. The van der Waals surface area contributed by atoms with Gasteiger partial charge in [0.05, 0.1) is 0 Å². The van der Waals surface area contributed by atoms with Crippen molar-refractivity contribution in [3.8, 4) is 5.69 Å². The Morgan fingerprint density at radius 1 is 1.03 bits per heavy atom. The molecule has 0 atom stereocenters. The number of aromatic nitrogens is 3. The summed E-state index contributed by atoms with van der Waals surface area (Å²) in [6.45, 7) is 6.64. The van der Waals surface area contributed by atoms with Gasteiger partial charge in [0.25, 0.3) is 0 Å². The largest absolute Gasteiger partial charge is 0.411 e. The van der Waals surface area contributed by atoms with E-state index in [1.165, 1.54) is 4.68 Å². The molecule has 1 aliphatic heterocycles. The highest BCUT2D eigenvalue weighted by Gasteiger charge is 2.30. The fourth-order valence-electron chi connectivity index (χ4n) is 4.00. The summed E-state index contributed by atoms with van der Waals surface area (Å²) < 4.78 is 3.15. The van der Waals surface area contributed by atoms with Crippen molar-refractivity contribution in [2.24, 2.45) is 5.92 Å². The maximum absolute atomic E-state index is 13.3. The van der Waals surface area contributed by atoms with E-state index in [2.05, 4.69) is 15.8 Å². The summed E-state index contributed by atoms with van der Waals surface area (Å²) in [5.41, 5.74) is 3.37. The Morgan fingerprint density at radius 2 is 1.65 bits per heavy atom. The lowest BCUT2D eigenvalue weighted by molar-refractivity contribution is -0.757. The Hall–Kier alpha value is -3.19. The van der Waals surface area contributed by atoms with Crippen LogP contribution in [-0.4, -0.2) is 28.9 Å². The van der Waals surface area contributed by atoms with E-state index < -0.39 is 5.91 Å². The quantitative estimate of drug-likeness (QED) is 0.536. The lowest BCUT2D eigenvalue weighted by Crippen LogP contribution is -2.46. The molecule has 1 fully saturated rings. The Kier molecular flexibility index (Phi) is 6.32. The van der Waals surface area contributed by atoms with E-state index in [1.54, 1.807) is 4.68 Å². The zero-order valence-corrected chi connectivity index (χ0v) is 18.1. The van der Waals surface area contributed by atoms with Crippen molar-refractivity contribution in [2.45, 2.75) is 39.7 Å². The molecule has 162 valence electrons. The highest BCUT2D eigenvalue weighted by Crippen LogP contribution is 2.16. The molecule has 0 unspecified atom stereocenters. The molecule has 0 aliphatic carbocycles. The maximum atomic E-state index is 13.3. The Bertz CT molecular complexity index is 1090. The topological polar surface area (TPSA) is 82.8 Å². The van der Waals surface area contributed by atoms with Gasteiger partial charge in [-0.2, -0.15) is 0 Å². The Morgan fingerprint density at radius 3 is 2.29 bits per heavy atom. The lowest BCUT2D eigenvalue weighted by atomic mass is 9.95. The molecule has 1 amide bonds. The fourth-order valence-corrected chi connectivity index (χ4v) is 4.00. The third kappa shape index (κ3) is 4.94. The van der Waals surface area contributed by atoms with E-state index in [1.807, 2.05) is 62.4 Å². The molecule has 1 aliphatic rings. The minimum Gasteiger partial charge on any atom is -0.319 e. The lowest BCUT2D eigenvalue weighted by Gasteiger charge is -2.21. The molecule has 31 heavy (non-hydrogen) atoms. The predicted molar refractivity (Wildman–Crippen MR) is 121 cm³/mol. The first-order chi connectivity index (χ1) is 15.0. The van der Waals surface area contributed by atoms with Crippen molar-refractivity contribution in [3.05, 3.63) is 75.7 Å². The van der Waals surface area contributed by atoms with Gasteiger partial charge in [-0.3, -0.25) is 4.79 Å². The number of benzene rings is 2. The summed E-state index contributed by atoms with van der Waals surface area (Å²) in [6, 6.07) is 15.2. The molecule has 1 aromatic heterocycles. The zero-order chi connectivity index (χ0) is 21.8. The van der Waals surface area contributed by atoms with Gasteiger partial charge in [0.2, 0.25) is 0 Å². The van der Waals surface area contributed by atoms with Crippen LogP contribution in [0.1, 0.15) is 40.9 Å². The minimum atomic E-state index is -0.402. The van der Waals surface area contributed by atoms with E-state index in [0.29, 0.717) is 23.8 Å². The molecule has 1 saturated heterocycles. The second-order valence-electron chi connectivity index (χ2n) is 8.38. The van der Waals surface area contributed by atoms with Crippen molar-refractivity contribution >= 4 is 11.6 Å². The summed E-state index contributed by atoms with van der Waals surface area (Å²) in [6.07, 6.45) is 3.16. The smallest absolute Gasteiger partial charge is 0.319 e. The summed E-state index contributed by atoms with van der Waals surface area (Å²) in [5.74, 6) is 0.189. The number of amides is 1. The number of piperidine rings is 1. The highest BCUT2D eigenvalue weighted by molar-refractivity contribution is 6.01. The van der Waals surface area contributed by atoms with Crippen LogP contribution in [0.25, 0.3) is 5.69 Å². The van der Waals surface area contributed by atoms with Gasteiger partial charge in [0, 0.05) is 5.69 Å². The van der Waals surface area contributed by atoms with Gasteiger partial charge in [-0.1, -0.05) is 45.3 Å². The standard InChI is InChI=1S/C24H29N5O2/c1-17-3-7-20(8-4-17)26-23(30)22-24(31)29(21-9-5-18(2)6-10-21)27-28(22)16-13-19-11-14-25-15-12-19/h3-10,19,25H,11-16H2,1-2H3,(H-,26,27,30,31)/p+1. The number of aryl methyl sites for hydroxylation is 3. The number of rotatable bonds is 6. The molecule has 0 spiro atoms. The molecule has 2 aromatic carbocycles. The van der Waals surface area contributed by atoms with Crippen LogP contribution in [0.15, 0.2) is 53.3 Å². The molecule has 0 bridgehead atoms. The molecule has 7 nitrogen and oxygen atoms in total. The average Bonchev–Trinajstić information content (AvgIpc) is 3.11. The maximum Gasteiger partial charge on any atom is 0.411 e. The van der Waals surface area contributed by atoms with Crippen LogP contribution in [0.3, 0.4) is 0 Å². The number of hydrogen-bond acceptors (Lipinski definition) is 3. The summed E-state index contributed by atoms with van der Waals surface area (Å²) in [4.78, 5) is 26.4. The zero-order valence-electron chi connectivity index (χ0n) is 18.1. The number of carbonyl (C=O) groups is 1. The van der Waals surface area contributed by atoms with Crippen LogP contribution in [-0.2, 0) is 6.54 Å². The first-order valence-corrected chi connectivity index (χ1v) is 10.9. The molecule has 7 heteroatoms. The molecule has 2 heterocycles. The second-order valence-corrected chi connectivity index (χ2v) is 8.38. The van der Waals surface area contributed by atoms with Gasteiger partial charge in [-0.25, -0.2) is 4.79 Å². The summed E-state index contributed by atoms with van der Waals surface area (Å²) in [5, 5.41) is 9.40. The highest BCUT2D eigenvalue weighted by atomic mass is 16.2. The average molecular weight is 421 g/mol. The number of nitrogens with zero attached hydrogens (tertiary/aromatic N) is 2. The molecule has 3 aromatic rings. The van der Waals surface area contributed by atoms with E-state index in [0.717, 1.165) is 43.5 Å². The van der Waals surface area contributed by atoms with Crippen LogP contribution >= 0.6 is 0 Å². The SMILES string of the molecule is Cc1ccc(NC(=O)c2c(=O)n(-c3ccc(C)cc3)[nH][n+]2CCC2CCNCC2)cc1. The number of nitrogens with one attached hydrogen (secondary N) is 3. The van der Waals surface area contributed by atoms with Gasteiger partial charge in [-0.15, -0.1) is 4.68 Å². The molecule has 0 radical (unpaired) electrons. The van der Waals surface area contributed by atoms with E-state index >= 15 is 0 Å². The van der Waals surface area contributed by atoms with Gasteiger partial charge in [-0.05, 0) is 76.4 Å². The second kappa shape index (κ2) is 9.31. The predicted octanol–water partition coefficient (Wildman–Crippen LogP) is 2.71. The van der Waals surface area contributed by atoms with Crippen LogP contribution in [0.2, 0.25) is 0 Å². The van der Waals surface area contributed by atoms with Crippen molar-refractivity contribution in [2.75, 3.05) is 18.4 Å². The van der Waals surface area contributed by atoms with Gasteiger partial charge >= 0.3 is 17.2 Å². The van der Waals surface area contributed by atoms with E-state index in [4.69, 9.17) is 0 Å². The third-order valence-corrected chi connectivity index (χ3v) is 5.93. The molecule has 4 rings (SSSR count). The van der Waals surface area contributed by atoms with Crippen molar-refractivity contribution in [3.63, 3.8) is 0 Å². The van der Waals surface area contributed by atoms with Crippen LogP contribution < -0.4 is 20.9 Å². The number of H-pyrrole nitrogens is 1. The monoisotopic (exact) mass is 420 g/mol. The Labute approximate surface area is 182 Å². The first-order valence-electron chi connectivity index (χ1n) is 10.9. The molecule has 0 saturated carbocycles. The first kappa shape index (κ1) is 21.1. The Balaban J connectivity index is 1.64. The van der Waals surface area contributed by atoms with Gasteiger partial charge < -0.3 is 10.6 Å². The van der Waals surface area contributed by atoms with E-state index in [9.17, 15) is 9.59 Å². The van der Waals surface area contributed by atoms with Crippen molar-refractivity contribution in [1.82, 2.24) is 15.2 Å². The normalized spacial score (nSPS) is 14.5. The third-order valence-electron chi connectivity index (χ3n) is 5.93. The minimum absolute atomic E-state index is 0.120. The van der Waals surface area contributed by atoms with Gasteiger partial charge in [0.15, 0.2) is 5.69 Å². The van der Waals surface area contributed by atoms with Crippen LogP contribution in [0.4, 0.5) is 5.69 Å². The van der Waals surface area contributed by atoms with Crippen LogP contribution in [0, 0.1) is 19.8 Å². The fraction of sp³-hybridized carbons (Fsp3) is 0.375. The summed E-state index contributed by atoms with van der Waals surface area (Å²) >= 11 is 0. The molecular weight excluding hydrogens is 390 g/mol. The molecule has 3 N–H and O–H groups in total. The van der Waals surface area contributed by atoms with Crippen LogP contribution in [0.5, 0.6) is 0 Å². The van der Waals surface area contributed by atoms with Crippen molar-refractivity contribution in [1.29, 1.82) is 0 Å². The number of carbonyl (C=O) groups excluding carboxylic acids is 1. The molecular formula is C24H30N5O2+. The van der Waals surface area contributed by atoms with E-state index in [-0.39, 0.29) is 11.3 Å². The number of hydrogen-bond donors (Lipinski definition) is 3. The van der Waals surface area contributed by atoms with Gasteiger partial charge in [0.1, 0.15) is 6.54 Å². The number of anilines is 1.